The van der Waals surface area contributed by atoms with Crippen molar-refractivity contribution >= 4 is 6.09 Å². The Hall–Kier alpha value is -2.37. The lowest BCUT2D eigenvalue weighted by Crippen LogP contribution is -2.53. The molecule has 0 unspecified atom stereocenters. The van der Waals surface area contributed by atoms with Crippen molar-refractivity contribution in [2.24, 2.45) is 0 Å². The number of hydrogen-bond donors (Lipinski definition) is 0. The van der Waals surface area contributed by atoms with E-state index in [2.05, 4.69) is 34.6 Å². The van der Waals surface area contributed by atoms with E-state index in [9.17, 15) is 4.79 Å². The molecular weight excluding hydrogens is 316 g/mol. The fourth-order valence-electron chi connectivity index (χ4n) is 3.89. The summed E-state index contributed by atoms with van der Waals surface area (Å²) in [5.41, 5.74) is 4.01. The lowest BCUT2D eigenvalue weighted by molar-refractivity contribution is -0.00172. The number of fused-ring (bicyclic) bond motifs is 4. The molecular formula is C19H24N4O2. The number of rotatable bonds is 0. The summed E-state index contributed by atoms with van der Waals surface area (Å²) >= 11 is 0. The highest BCUT2D eigenvalue weighted by molar-refractivity contribution is 5.69. The molecule has 0 N–H and O–H groups in total. The van der Waals surface area contributed by atoms with Gasteiger partial charge in [-0.25, -0.2) is 9.48 Å². The number of amides is 1. The van der Waals surface area contributed by atoms with E-state index in [1.165, 1.54) is 11.1 Å². The number of nitrogens with zero attached hydrogens (tertiary/aromatic N) is 4. The first-order valence-electron chi connectivity index (χ1n) is 8.80. The third-order valence-corrected chi connectivity index (χ3v) is 5.07. The number of aryl methyl sites for hydroxylation is 1. The molecule has 6 nitrogen and oxygen atoms in total. The van der Waals surface area contributed by atoms with Crippen LogP contribution in [0.2, 0.25) is 0 Å². The molecule has 4 rings (SSSR count). The number of carbonyl (C=O) groups is 1. The second kappa shape index (κ2) is 5.58. The van der Waals surface area contributed by atoms with Crippen molar-refractivity contribution in [2.45, 2.75) is 64.8 Å². The van der Waals surface area contributed by atoms with Crippen molar-refractivity contribution in [1.29, 1.82) is 0 Å². The van der Waals surface area contributed by atoms with Gasteiger partial charge in [-0.2, -0.15) is 0 Å². The van der Waals surface area contributed by atoms with Gasteiger partial charge in [-0.15, -0.1) is 5.10 Å². The predicted molar refractivity (Wildman–Crippen MR) is 93.2 cm³/mol. The zero-order valence-corrected chi connectivity index (χ0v) is 15.2. The Bertz CT molecular complexity index is 821. The normalized spacial score (nSPS) is 22.0. The smallest absolute Gasteiger partial charge is 0.410 e. The van der Waals surface area contributed by atoms with Gasteiger partial charge >= 0.3 is 6.09 Å². The zero-order valence-electron chi connectivity index (χ0n) is 15.2. The molecule has 0 bridgehead atoms. The Morgan fingerprint density at radius 3 is 2.44 bits per heavy atom. The number of benzene rings is 1. The summed E-state index contributed by atoms with van der Waals surface area (Å²) < 4.78 is 7.71. The Labute approximate surface area is 147 Å². The Balaban J connectivity index is 1.74. The van der Waals surface area contributed by atoms with Crippen molar-refractivity contribution < 1.29 is 9.53 Å². The molecule has 2 aliphatic rings. The highest BCUT2D eigenvalue weighted by atomic mass is 16.6. The summed E-state index contributed by atoms with van der Waals surface area (Å²) in [7, 11) is 0. The molecule has 2 aromatic rings. The van der Waals surface area contributed by atoms with Gasteiger partial charge in [-0.1, -0.05) is 29.5 Å². The van der Waals surface area contributed by atoms with Crippen LogP contribution < -0.4 is 0 Å². The van der Waals surface area contributed by atoms with Crippen LogP contribution in [0.3, 0.4) is 0 Å². The SMILES string of the molecule is Cc1nnn2c1CN(C(=O)OC(C)(C)C)[C@@H]1Cc3ccccc3C[C@@H]12. The average molecular weight is 340 g/mol. The zero-order chi connectivity index (χ0) is 17.8. The monoisotopic (exact) mass is 340 g/mol. The first-order chi connectivity index (χ1) is 11.8. The van der Waals surface area contributed by atoms with Crippen LogP contribution >= 0.6 is 0 Å². The van der Waals surface area contributed by atoms with E-state index in [1.807, 2.05) is 37.3 Å². The molecule has 0 spiro atoms. The largest absolute Gasteiger partial charge is 0.444 e. The third-order valence-electron chi connectivity index (χ3n) is 5.07. The number of aromatic nitrogens is 3. The van der Waals surface area contributed by atoms with Crippen LogP contribution in [0.5, 0.6) is 0 Å². The van der Waals surface area contributed by atoms with Crippen molar-refractivity contribution in [3.05, 3.63) is 46.8 Å². The number of ether oxygens (including phenoxy) is 1. The fourth-order valence-corrected chi connectivity index (χ4v) is 3.89. The van der Waals surface area contributed by atoms with Crippen LogP contribution in [0.25, 0.3) is 0 Å². The average Bonchev–Trinajstić information content (AvgIpc) is 2.92. The van der Waals surface area contributed by atoms with Gasteiger partial charge in [0.25, 0.3) is 0 Å². The second-order valence-corrected chi connectivity index (χ2v) is 7.99. The molecule has 0 saturated heterocycles. The molecule has 132 valence electrons. The van der Waals surface area contributed by atoms with Gasteiger partial charge in [0.05, 0.1) is 30.0 Å². The first kappa shape index (κ1) is 16.1. The summed E-state index contributed by atoms with van der Waals surface area (Å²) in [4.78, 5) is 14.7. The number of carbonyl (C=O) groups excluding carboxylic acids is 1. The standard InChI is InChI=1S/C19H24N4O2/c1-12-17-11-22(18(24)25-19(2,3)4)15-9-13-7-5-6-8-14(13)10-16(15)23(17)21-20-12/h5-8,15-16H,9-11H2,1-4H3/t15-,16+/m1/s1. The van der Waals surface area contributed by atoms with Crippen molar-refractivity contribution in [3.63, 3.8) is 0 Å². The lowest BCUT2D eigenvalue weighted by Gasteiger charge is -2.44. The van der Waals surface area contributed by atoms with Gasteiger partial charge in [-0.05, 0) is 51.7 Å². The maximum atomic E-state index is 12.9. The van der Waals surface area contributed by atoms with Crippen LogP contribution in [-0.2, 0) is 24.1 Å². The van der Waals surface area contributed by atoms with Crippen molar-refractivity contribution in [2.75, 3.05) is 0 Å². The summed E-state index contributed by atoms with van der Waals surface area (Å²) in [6.45, 7) is 8.15. The summed E-state index contributed by atoms with van der Waals surface area (Å²) in [6, 6.07) is 8.60. The van der Waals surface area contributed by atoms with Crippen LogP contribution in [0.15, 0.2) is 24.3 Å². The van der Waals surface area contributed by atoms with Gasteiger partial charge in [0.2, 0.25) is 0 Å². The molecule has 1 aromatic heterocycles. The highest BCUT2D eigenvalue weighted by Gasteiger charge is 2.43. The van der Waals surface area contributed by atoms with Crippen LogP contribution in [0, 0.1) is 6.92 Å². The van der Waals surface area contributed by atoms with Gasteiger partial charge in [0.1, 0.15) is 5.60 Å². The molecule has 1 aliphatic heterocycles. The highest BCUT2D eigenvalue weighted by Crippen LogP contribution is 2.37. The number of hydrogen-bond acceptors (Lipinski definition) is 4. The van der Waals surface area contributed by atoms with Crippen LogP contribution in [0.1, 0.15) is 49.3 Å². The fraction of sp³-hybridized carbons (Fsp3) is 0.526. The van der Waals surface area contributed by atoms with E-state index in [0.29, 0.717) is 6.54 Å². The third kappa shape index (κ3) is 2.79. The molecule has 0 saturated carbocycles. The van der Waals surface area contributed by atoms with Crippen molar-refractivity contribution in [3.8, 4) is 0 Å². The molecule has 1 amide bonds. The van der Waals surface area contributed by atoms with Crippen LogP contribution in [-0.4, -0.2) is 37.6 Å². The summed E-state index contributed by atoms with van der Waals surface area (Å²) in [6.07, 6.45) is 1.42. The Morgan fingerprint density at radius 2 is 1.80 bits per heavy atom. The van der Waals surface area contributed by atoms with E-state index >= 15 is 0 Å². The van der Waals surface area contributed by atoms with Gasteiger partial charge in [-0.3, -0.25) is 4.90 Å². The Morgan fingerprint density at radius 1 is 1.16 bits per heavy atom. The second-order valence-electron chi connectivity index (χ2n) is 7.99. The molecule has 1 aromatic carbocycles. The first-order valence-corrected chi connectivity index (χ1v) is 8.80. The molecule has 25 heavy (non-hydrogen) atoms. The van der Waals surface area contributed by atoms with E-state index < -0.39 is 5.60 Å². The maximum Gasteiger partial charge on any atom is 0.410 e. The van der Waals surface area contributed by atoms with Gasteiger partial charge in [0, 0.05) is 0 Å². The van der Waals surface area contributed by atoms with E-state index in [1.54, 1.807) is 0 Å². The summed E-state index contributed by atoms with van der Waals surface area (Å²) in [5.74, 6) is 0. The molecule has 2 atom stereocenters. The minimum Gasteiger partial charge on any atom is -0.444 e. The quantitative estimate of drug-likeness (QED) is 0.739. The molecule has 1 aliphatic carbocycles. The summed E-state index contributed by atoms with van der Waals surface area (Å²) in [5, 5.41) is 8.62. The lowest BCUT2D eigenvalue weighted by atomic mass is 9.82. The molecule has 0 fully saturated rings. The predicted octanol–water partition coefficient (Wildman–Crippen LogP) is 3.05. The molecule has 0 radical (unpaired) electrons. The minimum absolute atomic E-state index is 0.0401. The Kier molecular flexibility index (Phi) is 3.60. The molecule has 6 heteroatoms. The molecule has 2 heterocycles. The van der Waals surface area contributed by atoms with Gasteiger partial charge < -0.3 is 4.74 Å². The topological polar surface area (TPSA) is 60.2 Å². The van der Waals surface area contributed by atoms with E-state index in [0.717, 1.165) is 24.2 Å². The van der Waals surface area contributed by atoms with E-state index in [-0.39, 0.29) is 18.2 Å². The van der Waals surface area contributed by atoms with Crippen molar-refractivity contribution in [1.82, 2.24) is 19.9 Å². The minimum atomic E-state index is -0.510. The maximum absolute atomic E-state index is 12.9. The van der Waals surface area contributed by atoms with Gasteiger partial charge in [0.15, 0.2) is 0 Å². The van der Waals surface area contributed by atoms with Crippen LogP contribution in [0.4, 0.5) is 4.79 Å². The van der Waals surface area contributed by atoms with E-state index in [4.69, 9.17) is 4.74 Å².